The quantitative estimate of drug-likeness (QED) is 0.197. The number of benzene rings is 7. The Morgan fingerprint density at radius 1 is 0.383 bits per heavy atom. The molecule has 0 spiro atoms. The highest BCUT2D eigenvalue weighted by Gasteiger charge is 2.20. The third kappa shape index (κ3) is 3.87. The molecule has 0 atom stereocenters. The third-order valence-electron chi connectivity index (χ3n) is 9.54. The van der Waals surface area contributed by atoms with Crippen LogP contribution in [0.25, 0.3) is 88.4 Å². The topological polar surface area (TPSA) is 23.0 Å². The molecule has 0 radical (unpaired) electrons. The number of furan rings is 1. The van der Waals surface area contributed by atoms with Gasteiger partial charge in [-0.1, -0.05) is 121 Å². The van der Waals surface area contributed by atoms with Gasteiger partial charge >= 0.3 is 0 Å². The average molecular weight is 601 g/mol. The molecule has 0 fully saturated rings. The molecule has 3 heteroatoms. The lowest BCUT2D eigenvalue weighted by Gasteiger charge is -2.12. The highest BCUT2D eigenvalue weighted by atomic mass is 16.3. The monoisotopic (exact) mass is 600 g/mol. The minimum absolute atomic E-state index is 0.915. The van der Waals surface area contributed by atoms with Gasteiger partial charge in [0.2, 0.25) is 0 Å². The number of nitrogens with zero attached hydrogens (tertiary/aromatic N) is 2. The average Bonchev–Trinajstić information content (AvgIpc) is 3.82. The highest BCUT2D eigenvalue weighted by molar-refractivity contribution is 6.19. The molecule has 0 aliphatic heterocycles. The van der Waals surface area contributed by atoms with E-state index in [-0.39, 0.29) is 0 Å². The first-order valence-electron chi connectivity index (χ1n) is 16.0. The standard InChI is InChI=1S/C44H28N2O/c1-3-12-30(13-4-1)41-28-38-40(45(41)31-14-5-2-6-15-31)27-26-36-34-16-7-9-20-39(34)46(43(36)38)32-24-22-29(23-25-32)33-18-11-19-37-35-17-8-10-21-42(35)47-44(33)37/h1-28H. The van der Waals surface area contributed by atoms with Crippen molar-refractivity contribution in [1.82, 2.24) is 9.13 Å². The van der Waals surface area contributed by atoms with E-state index in [1.807, 2.05) is 12.1 Å². The van der Waals surface area contributed by atoms with Crippen LogP contribution in [0.1, 0.15) is 0 Å². The number of rotatable bonds is 4. The van der Waals surface area contributed by atoms with Gasteiger partial charge in [0, 0.05) is 43.9 Å². The number of fused-ring (bicyclic) bond motifs is 8. The molecule has 0 saturated carbocycles. The zero-order valence-electron chi connectivity index (χ0n) is 25.5. The van der Waals surface area contributed by atoms with Crippen LogP contribution in [0, 0.1) is 0 Å². The molecule has 3 heterocycles. The van der Waals surface area contributed by atoms with Gasteiger partial charge in [-0.2, -0.15) is 0 Å². The van der Waals surface area contributed by atoms with Crippen molar-refractivity contribution in [2.45, 2.75) is 0 Å². The lowest BCUT2D eigenvalue weighted by Crippen LogP contribution is -1.97. The van der Waals surface area contributed by atoms with E-state index in [9.17, 15) is 0 Å². The molecule has 0 amide bonds. The Morgan fingerprint density at radius 2 is 1.04 bits per heavy atom. The van der Waals surface area contributed by atoms with E-state index >= 15 is 0 Å². The van der Waals surface area contributed by atoms with Crippen molar-refractivity contribution in [3.05, 3.63) is 170 Å². The Morgan fingerprint density at radius 3 is 1.87 bits per heavy atom. The smallest absolute Gasteiger partial charge is 0.143 e. The molecule has 10 rings (SSSR count). The molecule has 0 bridgehead atoms. The molecule has 0 aliphatic rings. The van der Waals surface area contributed by atoms with Crippen LogP contribution >= 0.6 is 0 Å². The molecule has 220 valence electrons. The normalized spacial score (nSPS) is 11.8. The summed E-state index contributed by atoms with van der Waals surface area (Å²) < 4.78 is 11.2. The summed E-state index contributed by atoms with van der Waals surface area (Å²) in [5.41, 5.74) is 12.3. The third-order valence-corrected chi connectivity index (χ3v) is 9.54. The Bertz CT molecular complexity index is 2760. The number of hydrogen-bond donors (Lipinski definition) is 0. The number of hydrogen-bond acceptors (Lipinski definition) is 1. The Hall–Kier alpha value is -6.32. The summed E-state index contributed by atoms with van der Waals surface area (Å²) in [5, 5.41) is 6.00. The maximum atomic E-state index is 6.38. The van der Waals surface area contributed by atoms with Gasteiger partial charge in [-0.25, -0.2) is 0 Å². The van der Waals surface area contributed by atoms with E-state index in [2.05, 4.69) is 167 Å². The van der Waals surface area contributed by atoms with Crippen LogP contribution in [0.5, 0.6) is 0 Å². The highest BCUT2D eigenvalue weighted by Crippen LogP contribution is 2.41. The minimum Gasteiger partial charge on any atom is -0.455 e. The predicted molar refractivity (Wildman–Crippen MR) is 196 cm³/mol. The van der Waals surface area contributed by atoms with E-state index in [1.165, 1.54) is 44.0 Å². The van der Waals surface area contributed by atoms with E-state index < -0.39 is 0 Å². The zero-order valence-corrected chi connectivity index (χ0v) is 25.5. The molecule has 47 heavy (non-hydrogen) atoms. The summed E-state index contributed by atoms with van der Waals surface area (Å²) in [4.78, 5) is 0. The van der Waals surface area contributed by atoms with Crippen LogP contribution < -0.4 is 0 Å². The van der Waals surface area contributed by atoms with Crippen LogP contribution in [-0.4, -0.2) is 9.13 Å². The molecule has 0 aliphatic carbocycles. The summed E-state index contributed by atoms with van der Waals surface area (Å²) in [5.74, 6) is 0. The van der Waals surface area contributed by atoms with Crippen LogP contribution in [0.15, 0.2) is 174 Å². The maximum Gasteiger partial charge on any atom is 0.143 e. The molecule has 0 N–H and O–H groups in total. The molecular weight excluding hydrogens is 572 g/mol. The molecule has 3 aromatic heterocycles. The van der Waals surface area contributed by atoms with Gasteiger partial charge in [0.05, 0.1) is 22.2 Å². The van der Waals surface area contributed by atoms with Crippen LogP contribution in [0.3, 0.4) is 0 Å². The van der Waals surface area contributed by atoms with Gasteiger partial charge in [-0.15, -0.1) is 0 Å². The van der Waals surface area contributed by atoms with Gasteiger partial charge in [-0.3, -0.25) is 0 Å². The number of aromatic nitrogens is 2. The summed E-state index contributed by atoms with van der Waals surface area (Å²) in [6.07, 6.45) is 0. The van der Waals surface area contributed by atoms with E-state index in [0.717, 1.165) is 44.4 Å². The van der Waals surface area contributed by atoms with Crippen LogP contribution in [0.4, 0.5) is 0 Å². The van der Waals surface area contributed by atoms with E-state index in [1.54, 1.807) is 0 Å². The van der Waals surface area contributed by atoms with Crippen molar-refractivity contribution in [2.24, 2.45) is 0 Å². The second-order valence-corrected chi connectivity index (χ2v) is 12.1. The van der Waals surface area contributed by atoms with E-state index in [4.69, 9.17) is 4.42 Å². The molecule has 0 unspecified atom stereocenters. The maximum absolute atomic E-state index is 6.38. The largest absolute Gasteiger partial charge is 0.455 e. The van der Waals surface area contributed by atoms with Gasteiger partial charge < -0.3 is 13.6 Å². The fourth-order valence-electron chi connectivity index (χ4n) is 7.45. The summed E-state index contributed by atoms with van der Waals surface area (Å²) >= 11 is 0. The van der Waals surface area contributed by atoms with Crippen molar-refractivity contribution in [3.8, 4) is 33.8 Å². The van der Waals surface area contributed by atoms with Crippen molar-refractivity contribution < 1.29 is 4.42 Å². The Labute approximate surface area is 271 Å². The molecule has 7 aromatic carbocycles. The Kier molecular flexibility index (Phi) is 5.57. The molecule has 3 nitrogen and oxygen atoms in total. The SMILES string of the molecule is c1ccc(-c2cc3c(ccc4c5ccccc5n(-c5ccc(-c6cccc7c6oc6ccccc67)cc5)c43)n2-c2ccccc2)cc1. The lowest BCUT2D eigenvalue weighted by atomic mass is 10.0. The van der Waals surface area contributed by atoms with Gasteiger partial charge in [0.1, 0.15) is 11.2 Å². The molecule has 10 aromatic rings. The van der Waals surface area contributed by atoms with Crippen molar-refractivity contribution >= 4 is 54.6 Å². The van der Waals surface area contributed by atoms with Crippen molar-refractivity contribution in [3.63, 3.8) is 0 Å². The first-order valence-corrected chi connectivity index (χ1v) is 16.0. The van der Waals surface area contributed by atoms with Crippen LogP contribution in [0.2, 0.25) is 0 Å². The summed E-state index contributed by atoms with van der Waals surface area (Å²) in [6, 6.07) is 60.7. The Balaban J connectivity index is 1.22. The van der Waals surface area contributed by atoms with Gasteiger partial charge in [0.25, 0.3) is 0 Å². The summed E-state index contributed by atoms with van der Waals surface area (Å²) in [7, 11) is 0. The van der Waals surface area contributed by atoms with Crippen LogP contribution in [-0.2, 0) is 0 Å². The van der Waals surface area contributed by atoms with Gasteiger partial charge in [0.15, 0.2) is 0 Å². The second-order valence-electron chi connectivity index (χ2n) is 12.1. The lowest BCUT2D eigenvalue weighted by molar-refractivity contribution is 0.670. The first kappa shape index (κ1) is 26.0. The molecule has 0 saturated heterocycles. The fraction of sp³-hybridized carbons (Fsp3) is 0. The zero-order chi connectivity index (χ0) is 30.9. The van der Waals surface area contributed by atoms with Crippen molar-refractivity contribution in [1.29, 1.82) is 0 Å². The first-order chi connectivity index (χ1) is 23.3. The van der Waals surface area contributed by atoms with E-state index in [0.29, 0.717) is 0 Å². The minimum atomic E-state index is 0.915. The fourth-order valence-corrected chi connectivity index (χ4v) is 7.45. The molecular formula is C44H28N2O. The predicted octanol–water partition coefficient (Wildman–Crippen LogP) is 12.0. The van der Waals surface area contributed by atoms with Crippen molar-refractivity contribution in [2.75, 3.05) is 0 Å². The number of para-hydroxylation sites is 4. The van der Waals surface area contributed by atoms with Gasteiger partial charge in [-0.05, 0) is 59.7 Å². The second kappa shape index (κ2) is 10.1. The summed E-state index contributed by atoms with van der Waals surface area (Å²) in [6.45, 7) is 0.